The first-order chi connectivity index (χ1) is 10.1. The molecule has 0 aromatic heterocycles. The number of carbonyl (C=O) groups excluding carboxylic acids is 1. The van der Waals surface area contributed by atoms with E-state index in [4.69, 9.17) is 0 Å². The van der Waals surface area contributed by atoms with Crippen LogP contribution < -0.4 is 5.32 Å². The Hall–Kier alpha value is -1.35. The Balaban J connectivity index is 1.73. The highest BCUT2D eigenvalue weighted by atomic mass is 16.2. The number of carbonyl (C=O) groups is 1. The lowest BCUT2D eigenvalue weighted by atomic mass is 9.84. The fourth-order valence-electron chi connectivity index (χ4n) is 3.66. The first-order valence-corrected chi connectivity index (χ1v) is 8.24. The Morgan fingerprint density at radius 1 is 1.24 bits per heavy atom. The van der Waals surface area contributed by atoms with E-state index in [0.29, 0.717) is 30.2 Å². The molecule has 2 heterocycles. The van der Waals surface area contributed by atoms with Gasteiger partial charge in [-0.3, -0.25) is 4.79 Å². The summed E-state index contributed by atoms with van der Waals surface area (Å²) in [6.07, 6.45) is 2.87. The first kappa shape index (κ1) is 14.6. The van der Waals surface area contributed by atoms with E-state index < -0.39 is 0 Å². The molecule has 114 valence electrons. The van der Waals surface area contributed by atoms with Crippen molar-refractivity contribution in [2.75, 3.05) is 13.1 Å². The summed E-state index contributed by atoms with van der Waals surface area (Å²) < 4.78 is 0. The van der Waals surface area contributed by atoms with Crippen LogP contribution in [0.5, 0.6) is 0 Å². The van der Waals surface area contributed by atoms with Crippen molar-refractivity contribution in [1.29, 1.82) is 0 Å². The maximum absolute atomic E-state index is 12.3. The van der Waals surface area contributed by atoms with Crippen molar-refractivity contribution in [1.82, 2.24) is 10.2 Å². The van der Waals surface area contributed by atoms with E-state index >= 15 is 0 Å². The summed E-state index contributed by atoms with van der Waals surface area (Å²) in [6.45, 7) is 7.31. The summed E-state index contributed by atoms with van der Waals surface area (Å²) >= 11 is 0. The van der Waals surface area contributed by atoms with E-state index in [2.05, 4.69) is 48.3 Å². The van der Waals surface area contributed by atoms with Crippen LogP contribution in [-0.4, -0.2) is 29.9 Å². The van der Waals surface area contributed by atoms with Crippen LogP contribution >= 0.6 is 0 Å². The minimum absolute atomic E-state index is 0.339. The van der Waals surface area contributed by atoms with Gasteiger partial charge in [0.1, 0.15) is 0 Å². The molecule has 1 amide bonds. The number of hydrogen-bond acceptors (Lipinski definition) is 2. The molecular formula is C18H26N2O. The molecule has 1 aromatic carbocycles. The molecule has 2 unspecified atom stereocenters. The van der Waals surface area contributed by atoms with Crippen molar-refractivity contribution in [3.63, 3.8) is 0 Å². The highest BCUT2D eigenvalue weighted by Crippen LogP contribution is 2.30. The minimum Gasteiger partial charge on any atom is -0.335 e. The lowest BCUT2D eigenvalue weighted by Crippen LogP contribution is -2.54. The summed E-state index contributed by atoms with van der Waals surface area (Å²) in [5.74, 6) is 1.54. The van der Waals surface area contributed by atoms with Crippen LogP contribution in [0.15, 0.2) is 24.3 Å². The van der Waals surface area contributed by atoms with E-state index in [0.717, 1.165) is 32.5 Å². The van der Waals surface area contributed by atoms with Crippen LogP contribution in [0.3, 0.4) is 0 Å². The molecule has 2 aliphatic heterocycles. The predicted molar refractivity (Wildman–Crippen MR) is 85.1 cm³/mol. The standard InChI is InChI=1S/C18H26N2O/c1-13(2)15-5-3-14(4-6-15)12-20-17-9-10-19-11-16(17)7-8-18(20)21/h3-6,13,16-17,19H,7-12H2,1-2H3. The maximum Gasteiger partial charge on any atom is 0.223 e. The molecule has 2 aliphatic rings. The molecule has 2 saturated heterocycles. The Morgan fingerprint density at radius 3 is 2.71 bits per heavy atom. The minimum atomic E-state index is 0.339. The predicted octanol–water partition coefficient (Wildman–Crippen LogP) is 2.91. The summed E-state index contributed by atoms with van der Waals surface area (Å²) in [7, 11) is 0. The highest BCUT2D eigenvalue weighted by molar-refractivity contribution is 5.77. The first-order valence-electron chi connectivity index (χ1n) is 8.24. The van der Waals surface area contributed by atoms with Crippen LogP contribution in [0.4, 0.5) is 0 Å². The second-order valence-electron chi connectivity index (χ2n) is 6.78. The van der Waals surface area contributed by atoms with Gasteiger partial charge in [0.25, 0.3) is 0 Å². The fraction of sp³-hybridized carbons (Fsp3) is 0.611. The topological polar surface area (TPSA) is 32.3 Å². The van der Waals surface area contributed by atoms with Gasteiger partial charge in [-0.05, 0) is 48.9 Å². The molecule has 3 heteroatoms. The molecule has 0 radical (unpaired) electrons. The van der Waals surface area contributed by atoms with Crippen LogP contribution in [0.25, 0.3) is 0 Å². The van der Waals surface area contributed by atoms with E-state index in [9.17, 15) is 4.79 Å². The third-order valence-electron chi connectivity index (χ3n) is 5.02. The van der Waals surface area contributed by atoms with Gasteiger partial charge in [-0.25, -0.2) is 0 Å². The Bertz CT molecular complexity index is 494. The number of amides is 1. The van der Waals surface area contributed by atoms with E-state index in [1.807, 2.05) is 0 Å². The monoisotopic (exact) mass is 286 g/mol. The Labute approximate surface area is 127 Å². The number of hydrogen-bond donors (Lipinski definition) is 1. The number of benzene rings is 1. The van der Waals surface area contributed by atoms with Gasteiger partial charge in [-0.15, -0.1) is 0 Å². The average molecular weight is 286 g/mol. The van der Waals surface area contributed by atoms with Gasteiger partial charge in [0.05, 0.1) is 0 Å². The summed E-state index contributed by atoms with van der Waals surface area (Å²) in [5, 5.41) is 3.47. The number of rotatable bonds is 3. The molecular weight excluding hydrogens is 260 g/mol. The van der Waals surface area contributed by atoms with Crippen molar-refractivity contribution in [2.45, 2.75) is 51.6 Å². The zero-order valence-corrected chi connectivity index (χ0v) is 13.1. The average Bonchev–Trinajstić information content (AvgIpc) is 2.51. The van der Waals surface area contributed by atoms with Gasteiger partial charge in [-0.1, -0.05) is 38.1 Å². The van der Waals surface area contributed by atoms with Crippen molar-refractivity contribution < 1.29 is 4.79 Å². The third kappa shape index (κ3) is 3.13. The van der Waals surface area contributed by atoms with E-state index in [1.165, 1.54) is 11.1 Å². The van der Waals surface area contributed by atoms with Gasteiger partial charge in [0.15, 0.2) is 0 Å². The smallest absolute Gasteiger partial charge is 0.223 e. The zero-order chi connectivity index (χ0) is 14.8. The van der Waals surface area contributed by atoms with Gasteiger partial charge in [-0.2, -0.15) is 0 Å². The molecule has 0 bridgehead atoms. The zero-order valence-electron chi connectivity index (χ0n) is 13.1. The van der Waals surface area contributed by atoms with Crippen LogP contribution in [0, 0.1) is 5.92 Å². The summed E-state index contributed by atoms with van der Waals surface area (Å²) in [4.78, 5) is 14.5. The van der Waals surface area contributed by atoms with Gasteiger partial charge in [0, 0.05) is 19.0 Å². The summed E-state index contributed by atoms with van der Waals surface area (Å²) in [5.41, 5.74) is 2.62. The molecule has 1 aromatic rings. The van der Waals surface area contributed by atoms with Crippen molar-refractivity contribution in [3.8, 4) is 0 Å². The second-order valence-corrected chi connectivity index (χ2v) is 6.78. The van der Waals surface area contributed by atoms with Crippen LogP contribution in [0.2, 0.25) is 0 Å². The number of piperidine rings is 2. The molecule has 2 fully saturated rings. The molecule has 0 saturated carbocycles. The molecule has 3 nitrogen and oxygen atoms in total. The normalized spacial score (nSPS) is 26.0. The Kier molecular flexibility index (Phi) is 4.29. The van der Waals surface area contributed by atoms with E-state index in [1.54, 1.807) is 0 Å². The number of nitrogens with one attached hydrogen (secondary N) is 1. The highest BCUT2D eigenvalue weighted by Gasteiger charge is 2.36. The van der Waals surface area contributed by atoms with Gasteiger partial charge in [0.2, 0.25) is 5.91 Å². The molecule has 0 spiro atoms. The third-order valence-corrected chi connectivity index (χ3v) is 5.02. The quantitative estimate of drug-likeness (QED) is 0.926. The molecule has 1 N–H and O–H groups in total. The lowest BCUT2D eigenvalue weighted by molar-refractivity contribution is -0.140. The van der Waals surface area contributed by atoms with E-state index in [-0.39, 0.29) is 0 Å². The number of fused-ring (bicyclic) bond motifs is 1. The van der Waals surface area contributed by atoms with Crippen molar-refractivity contribution in [2.24, 2.45) is 5.92 Å². The van der Waals surface area contributed by atoms with Crippen molar-refractivity contribution >= 4 is 5.91 Å². The largest absolute Gasteiger partial charge is 0.335 e. The molecule has 3 rings (SSSR count). The molecule has 2 atom stereocenters. The van der Waals surface area contributed by atoms with Crippen molar-refractivity contribution in [3.05, 3.63) is 35.4 Å². The van der Waals surface area contributed by atoms with Crippen LogP contribution in [-0.2, 0) is 11.3 Å². The Morgan fingerprint density at radius 2 is 2.00 bits per heavy atom. The maximum atomic E-state index is 12.3. The summed E-state index contributed by atoms with van der Waals surface area (Å²) in [6, 6.07) is 9.22. The SMILES string of the molecule is CC(C)c1ccc(CN2C(=O)CCC3CNCCC32)cc1. The number of likely N-dealkylation sites (tertiary alicyclic amines) is 1. The molecule has 0 aliphatic carbocycles. The van der Waals surface area contributed by atoms with Crippen LogP contribution in [0.1, 0.15) is 50.2 Å². The second kappa shape index (κ2) is 6.18. The number of nitrogens with zero attached hydrogens (tertiary/aromatic N) is 1. The lowest BCUT2D eigenvalue weighted by Gasteiger charge is -2.44. The fourth-order valence-corrected chi connectivity index (χ4v) is 3.66. The van der Waals surface area contributed by atoms with Gasteiger partial charge >= 0.3 is 0 Å². The molecule has 21 heavy (non-hydrogen) atoms. The van der Waals surface area contributed by atoms with Gasteiger partial charge < -0.3 is 10.2 Å².